The van der Waals surface area contributed by atoms with E-state index in [1.165, 1.54) is 0 Å². The number of thioether (sulfide) groups is 1. The quantitative estimate of drug-likeness (QED) is 0.390. The zero-order chi connectivity index (χ0) is 14.7. The number of amides is 2. The molecule has 2 saturated heterocycles. The number of carboxylic acid groups (broad SMARTS) is 1. The van der Waals surface area contributed by atoms with Crippen molar-refractivity contribution in [2.75, 3.05) is 12.3 Å². The molecular weight excluding hydrogens is 360 g/mol. The molecule has 2 rings (SSSR count). The monoisotopic (exact) mass is 382 g/mol. The van der Waals surface area contributed by atoms with E-state index in [0.717, 1.165) is 18.6 Å². The number of urea groups is 1. The van der Waals surface area contributed by atoms with E-state index in [2.05, 4.69) is 10.6 Å². The number of carboxylic acids is 1. The van der Waals surface area contributed by atoms with Crippen molar-refractivity contribution in [3.05, 3.63) is 0 Å². The first kappa shape index (κ1) is 18.5. The Morgan fingerprint density at radius 1 is 1.48 bits per heavy atom. The van der Waals surface area contributed by atoms with Gasteiger partial charge in [0, 0.05) is 23.6 Å². The number of fused-ring (bicyclic) bond motifs is 1. The second-order valence-corrected chi connectivity index (χ2v) is 6.67. The normalized spacial score (nSPS) is 29.8. The minimum Gasteiger partial charge on any atom is -0.481 e. The molecule has 0 aliphatic carbocycles. The summed E-state index contributed by atoms with van der Waals surface area (Å²) in [5, 5.41) is 15.3. The molecule has 9 heteroatoms. The van der Waals surface area contributed by atoms with Crippen molar-refractivity contribution in [3.8, 4) is 0 Å². The second-order valence-electron chi connectivity index (χ2n) is 5.40. The standard InChI is InChI=1S/C12H22N4O3S.BrH/c13-4-7(14)6(11(17)18)2-1-3-9-10-8(5-20-9)15-12(19)16-10;/h6-10H,1-5,13-14H2,(H,17,18)(H2,15,16,19);1H/t6?,7?,8-,9-,10-;/m0./s1. The van der Waals surface area contributed by atoms with Crippen LogP contribution in [0.1, 0.15) is 19.3 Å². The SMILES string of the molecule is Br.NCC(N)C(CCC[C@@H]1SC[C@@H]2NC(=O)N[C@@H]21)C(=O)O. The molecule has 0 aromatic heterocycles. The third kappa shape index (κ3) is 4.48. The summed E-state index contributed by atoms with van der Waals surface area (Å²) in [4.78, 5) is 22.4. The Kier molecular flexibility index (Phi) is 7.25. The fraction of sp³-hybridized carbons (Fsp3) is 0.833. The molecule has 21 heavy (non-hydrogen) atoms. The summed E-state index contributed by atoms with van der Waals surface area (Å²) in [6, 6.07) is -0.221. The summed E-state index contributed by atoms with van der Waals surface area (Å²) < 4.78 is 0. The van der Waals surface area contributed by atoms with Gasteiger partial charge in [0.1, 0.15) is 0 Å². The molecule has 2 aliphatic rings. The Bertz CT molecular complexity index is 388. The van der Waals surface area contributed by atoms with E-state index < -0.39 is 17.9 Å². The maximum Gasteiger partial charge on any atom is 0.315 e. The molecule has 2 unspecified atom stereocenters. The number of hydrogen-bond acceptors (Lipinski definition) is 5. The topological polar surface area (TPSA) is 130 Å². The van der Waals surface area contributed by atoms with E-state index in [9.17, 15) is 9.59 Å². The zero-order valence-electron chi connectivity index (χ0n) is 11.7. The molecule has 122 valence electrons. The molecule has 2 fully saturated rings. The predicted octanol–water partition coefficient (Wildman–Crippen LogP) is -0.113. The van der Waals surface area contributed by atoms with Gasteiger partial charge in [0.25, 0.3) is 0 Å². The molecule has 7 nitrogen and oxygen atoms in total. The van der Waals surface area contributed by atoms with E-state index >= 15 is 0 Å². The second kappa shape index (κ2) is 8.21. The number of nitrogens with two attached hydrogens (primary N) is 2. The Labute approximate surface area is 138 Å². The summed E-state index contributed by atoms with van der Waals surface area (Å²) in [5.41, 5.74) is 11.2. The van der Waals surface area contributed by atoms with E-state index in [4.69, 9.17) is 16.6 Å². The highest BCUT2D eigenvalue weighted by Gasteiger charge is 2.42. The molecule has 5 atom stereocenters. The highest BCUT2D eigenvalue weighted by atomic mass is 79.9. The molecule has 0 spiro atoms. The number of carbonyl (C=O) groups excluding carboxylic acids is 1. The van der Waals surface area contributed by atoms with Gasteiger partial charge in [-0.2, -0.15) is 11.8 Å². The Morgan fingerprint density at radius 2 is 2.19 bits per heavy atom. The predicted molar refractivity (Wildman–Crippen MR) is 87.8 cm³/mol. The zero-order valence-corrected chi connectivity index (χ0v) is 14.2. The molecule has 0 radical (unpaired) electrons. The lowest BCUT2D eigenvalue weighted by atomic mass is 9.93. The minimum absolute atomic E-state index is 0. The lowest BCUT2D eigenvalue weighted by Crippen LogP contribution is -2.41. The number of aliphatic carboxylic acids is 1. The van der Waals surface area contributed by atoms with Gasteiger partial charge in [0.2, 0.25) is 0 Å². The van der Waals surface area contributed by atoms with Crippen LogP contribution in [-0.2, 0) is 4.79 Å². The lowest BCUT2D eigenvalue weighted by Gasteiger charge is -2.20. The fourth-order valence-electron chi connectivity index (χ4n) is 2.87. The number of hydrogen-bond donors (Lipinski definition) is 5. The van der Waals surface area contributed by atoms with Gasteiger partial charge in [-0.1, -0.05) is 6.42 Å². The third-order valence-electron chi connectivity index (χ3n) is 4.05. The molecule has 2 heterocycles. The maximum atomic E-state index is 11.3. The molecular formula is C12H23BrN4O3S. The highest BCUT2D eigenvalue weighted by Crippen LogP contribution is 2.33. The van der Waals surface area contributed by atoms with Gasteiger partial charge in [-0.25, -0.2) is 4.79 Å². The van der Waals surface area contributed by atoms with E-state index in [0.29, 0.717) is 11.7 Å². The average molecular weight is 383 g/mol. The smallest absolute Gasteiger partial charge is 0.315 e. The van der Waals surface area contributed by atoms with Gasteiger partial charge in [0.15, 0.2) is 0 Å². The van der Waals surface area contributed by atoms with Crippen LogP contribution in [0.4, 0.5) is 4.79 Å². The molecule has 0 aromatic carbocycles. The average Bonchev–Trinajstić information content (AvgIpc) is 2.93. The summed E-state index contributed by atoms with van der Waals surface area (Å²) in [6.45, 7) is 0.180. The first-order valence-electron chi connectivity index (χ1n) is 6.90. The van der Waals surface area contributed by atoms with E-state index in [-0.39, 0.29) is 41.6 Å². The summed E-state index contributed by atoms with van der Waals surface area (Å²) in [7, 11) is 0. The largest absolute Gasteiger partial charge is 0.481 e. The van der Waals surface area contributed by atoms with Gasteiger partial charge in [-0.05, 0) is 12.8 Å². The van der Waals surface area contributed by atoms with Crippen LogP contribution in [0.15, 0.2) is 0 Å². The summed E-state index contributed by atoms with van der Waals surface area (Å²) in [5.74, 6) is -0.548. The Balaban J connectivity index is 0.00000220. The van der Waals surface area contributed by atoms with Crippen molar-refractivity contribution in [1.29, 1.82) is 0 Å². The van der Waals surface area contributed by atoms with Crippen molar-refractivity contribution in [1.82, 2.24) is 10.6 Å². The van der Waals surface area contributed by atoms with Crippen LogP contribution in [0.2, 0.25) is 0 Å². The van der Waals surface area contributed by atoms with Crippen LogP contribution in [-0.4, -0.2) is 52.8 Å². The van der Waals surface area contributed by atoms with Crippen LogP contribution in [0, 0.1) is 5.92 Å². The molecule has 0 aromatic rings. The van der Waals surface area contributed by atoms with Crippen LogP contribution in [0.5, 0.6) is 0 Å². The van der Waals surface area contributed by atoms with Crippen molar-refractivity contribution in [2.45, 2.75) is 42.6 Å². The minimum atomic E-state index is -0.879. The van der Waals surface area contributed by atoms with Crippen LogP contribution in [0.3, 0.4) is 0 Å². The van der Waals surface area contributed by atoms with E-state index in [1.54, 1.807) is 0 Å². The number of rotatable bonds is 7. The fourth-order valence-corrected chi connectivity index (χ4v) is 4.41. The van der Waals surface area contributed by atoms with Gasteiger partial charge >= 0.3 is 12.0 Å². The molecule has 7 N–H and O–H groups in total. The number of halogens is 1. The molecule has 2 amide bonds. The maximum absolute atomic E-state index is 11.3. The van der Waals surface area contributed by atoms with Crippen LogP contribution in [0.25, 0.3) is 0 Å². The van der Waals surface area contributed by atoms with Gasteiger partial charge in [-0.15, -0.1) is 17.0 Å². The van der Waals surface area contributed by atoms with E-state index in [1.807, 2.05) is 11.8 Å². The highest BCUT2D eigenvalue weighted by molar-refractivity contribution is 8.93. The first-order valence-corrected chi connectivity index (χ1v) is 7.95. The number of carbonyl (C=O) groups is 2. The summed E-state index contributed by atoms with van der Waals surface area (Å²) in [6.07, 6.45) is 2.19. The summed E-state index contributed by atoms with van der Waals surface area (Å²) >= 11 is 1.83. The van der Waals surface area contributed by atoms with Gasteiger partial charge in [0.05, 0.1) is 18.0 Å². The van der Waals surface area contributed by atoms with Crippen molar-refractivity contribution < 1.29 is 14.7 Å². The third-order valence-corrected chi connectivity index (χ3v) is 5.56. The van der Waals surface area contributed by atoms with Crippen LogP contribution < -0.4 is 22.1 Å². The molecule has 2 aliphatic heterocycles. The Morgan fingerprint density at radius 3 is 2.81 bits per heavy atom. The van der Waals surface area contributed by atoms with Gasteiger partial charge < -0.3 is 27.2 Å². The number of nitrogens with one attached hydrogen (secondary N) is 2. The van der Waals surface area contributed by atoms with Gasteiger partial charge in [-0.3, -0.25) is 4.79 Å². The van der Waals surface area contributed by atoms with Crippen molar-refractivity contribution in [2.24, 2.45) is 17.4 Å². The lowest BCUT2D eigenvalue weighted by molar-refractivity contribution is -0.142. The molecule has 0 bridgehead atoms. The van der Waals surface area contributed by atoms with Crippen molar-refractivity contribution in [3.63, 3.8) is 0 Å². The first-order chi connectivity index (χ1) is 9.52. The Hall–Kier alpha value is -0.510. The molecule has 0 saturated carbocycles. The van der Waals surface area contributed by atoms with Crippen molar-refractivity contribution >= 4 is 40.7 Å². The van der Waals surface area contributed by atoms with Crippen LogP contribution >= 0.6 is 28.7 Å².